The van der Waals surface area contributed by atoms with Gasteiger partial charge in [0.1, 0.15) is 28.9 Å². The minimum absolute atomic E-state index is 0.0978. The molecule has 0 bridgehead atoms. The topological polar surface area (TPSA) is 80.8 Å². The van der Waals surface area contributed by atoms with E-state index in [1.54, 1.807) is 0 Å². The van der Waals surface area contributed by atoms with E-state index in [1.807, 2.05) is 30.3 Å². The Bertz CT molecular complexity index is 832. The van der Waals surface area contributed by atoms with Crippen LogP contribution in [0.25, 0.3) is 0 Å². The zero-order valence-electron chi connectivity index (χ0n) is 15.1. The van der Waals surface area contributed by atoms with Gasteiger partial charge in [0.2, 0.25) is 0 Å². The van der Waals surface area contributed by atoms with E-state index in [0.717, 1.165) is 5.56 Å². The molecule has 0 spiro atoms. The van der Waals surface area contributed by atoms with Gasteiger partial charge in [-0.05, 0) is 21.5 Å². The van der Waals surface area contributed by atoms with Gasteiger partial charge in [0.25, 0.3) is 0 Å². The van der Waals surface area contributed by atoms with Crippen LogP contribution < -0.4 is 5.32 Å². The number of methoxy groups -OCH3 is 1. The molecule has 3 rings (SSSR count). The zero-order chi connectivity index (χ0) is 20.1. The Morgan fingerprint density at radius 3 is 2.75 bits per heavy atom. The molecule has 7 nitrogen and oxygen atoms in total. The molecular weight excluding hydrogens is 433 g/mol. The first-order valence-corrected chi connectivity index (χ1v) is 9.40. The number of halogens is 2. The van der Waals surface area contributed by atoms with Crippen LogP contribution in [0.3, 0.4) is 0 Å². The number of anilines is 1. The second kappa shape index (κ2) is 9.01. The second-order valence-corrected chi connectivity index (χ2v) is 7.11. The van der Waals surface area contributed by atoms with Crippen molar-refractivity contribution in [3.63, 3.8) is 0 Å². The average Bonchev–Trinajstić information content (AvgIpc) is 3.09. The number of pyridine rings is 1. The molecule has 2 aromatic rings. The van der Waals surface area contributed by atoms with E-state index >= 15 is 0 Å². The van der Waals surface area contributed by atoms with Crippen molar-refractivity contribution in [2.75, 3.05) is 19.0 Å². The number of benzene rings is 1. The van der Waals surface area contributed by atoms with Gasteiger partial charge >= 0.3 is 12.1 Å². The third-order valence-corrected chi connectivity index (χ3v) is 4.73. The van der Waals surface area contributed by atoms with Gasteiger partial charge in [0.15, 0.2) is 0 Å². The number of esters is 1. The van der Waals surface area contributed by atoms with Gasteiger partial charge in [-0.25, -0.2) is 19.0 Å². The van der Waals surface area contributed by atoms with Crippen LogP contribution in [-0.2, 0) is 20.9 Å². The molecule has 0 saturated carbocycles. The number of rotatable bonds is 5. The van der Waals surface area contributed by atoms with Crippen LogP contribution in [0.2, 0.25) is 0 Å². The van der Waals surface area contributed by atoms with Crippen LogP contribution in [0.4, 0.5) is 15.0 Å². The van der Waals surface area contributed by atoms with Crippen molar-refractivity contribution >= 4 is 33.8 Å². The molecule has 1 fully saturated rings. The molecule has 2 atom stereocenters. The van der Waals surface area contributed by atoms with E-state index in [1.165, 1.54) is 24.1 Å². The summed E-state index contributed by atoms with van der Waals surface area (Å²) < 4.78 is 24.1. The van der Waals surface area contributed by atoms with Gasteiger partial charge in [0.05, 0.1) is 7.11 Å². The predicted octanol–water partition coefficient (Wildman–Crippen LogP) is 3.35. The molecule has 9 heteroatoms. The highest BCUT2D eigenvalue weighted by molar-refractivity contribution is 9.10. The first kappa shape index (κ1) is 20.1. The van der Waals surface area contributed by atoms with Crippen LogP contribution in [0, 0.1) is 5.82 Å². The molecule has 0 aliphatic carbocycles. The van der Waals surface area contributed by atoms with Crippen molar-refractivity contribution in [3.8, 4) is 0 Å². The number of likely N-dealkylation sites (tertiary alicyclic amines) is 1. The van der Waals surface area contributed by atoms with Crippen LogP contribution in [-0.4, -0.2) is 47.7 Å². The molecule has 28 heavy (non-hydrogen) atoms. The van der Waals surface area contributed by atoms with Crippen molar-refractivity contribution in [1.82, 2.24) is 9.88 Å². The minimum atomic E-state index is -0.789. The van der Waals surface area contributed by atoms with Gasteiger partial charge in [-0.2, -0.15) is 0 Å². The minimum Gasteiger partial charge on any atom is -0.467 e. The number of aromatic nitrogens is 1. The zero-order valence-corrected chi connectivity index (χ0v) is 16.7. The maximum Gasteiger partial charge on any atom is 0.410 e. The number of nitrogens with zero attached hydrogens (tertiary/aromatic N) is 2. The highest BCUT2D eigenvalue weighted by Crippen LogP contribution is 2.24. The molecule has 0 radical (unpaired) electrons. The summed E-state index contributed by atoms with van der Waals surface area (Å²) in [7, 11) is 1.27. The van der Waals surface area contributed by atoms with Crippen LogP contribution in [0.5, 0.6) is 0 Å². The number of ether oxygens (including phenoxy) is 2. The summed E-state index contributed by atoms with van der Waals surface area (Å²) in [6.45, 7) is 0.295. The van der Waals surface area contributed by atoms with Gasteiger partial charge in [-0.1, -0.05) is 30.3 Å². The van der Waals surface area contributed by atoms with Gasteiger partial charge in [-0.3, -0.25) is 4.90 Å². The monoisotopic (exact) mass is 451 g/mol. The lowest BCUT2D eigenvalue weighted by Crippen LogP contribution is -2.41. The Labute approximate surface area is 170 Å². The van der Waals surface area contributed by atoms with Gasteiger partial charge < -0.3 is 14.8 Å². The second-order valence-electron chi connectivity index (χ2n) is 6.30. The van der Waals surface area contributed by atoms with Crippen molar-refractivity contribution in [3.05, 3.63) is 58.4 Å². The standard InChI is InChI=1S/C19H19BrFN3O4/c1-27-18(25)15-9-14(22-17-8-13(21)7-16(20)23-17)10-24(15)19(26)28-11-12-5-3-2-4-6-12/h2-8,14-15H,9-11H2,1H3,(H,22,23)/t14-,15-/m0/s1. The summed E-state index contributed by atoms with van der Waals surface area (Å²) in [4.78, 5) is 30.1. The van der Waals surface area contributed by atoms with E-state index in [9.17, 15) is 14.0 Å². The van der Waals surface area contributed by atoms with Crippen molar-refractivity contribution in [2.45, 2.75) is 25.1 Å². The molecular formula is C19H19BrFN3O4. The molecule has 1 saturated heterocycles. The van der Waals surface area contributed by atoms with E-state index in [0.29, 0.717) is 16.8 Å². The van der Waals surface area contributed by atoms with Crippen LogP contribution >= 0.6 is 15.9 Å². The predicted molar refractivity (Wildman–Crippen MR) is 103 cm³/mol. The number of hydrogen-bond donors (Lipinski definition) is 1. The fraction of sp³-hybridized carbons (Fsp3) is 0.316. The lowest BCUT2D eigenvalue weighted by Gasteiger charge is -2.21. The van der Waals surface area contributed by atoms with Crippen LogP contribution in [0.1, 0.15) is 12.0 Å². The smallest absolute Gasteiger partial charge is 0.410 e. The number of amides is 1. The molecule has 1 N–H and O–H groups in total. The highest BCUT2D eigenvalue weighted by Gasteiger charge is 2.41. The summed E-state index contributed by atoms with van der Waals surface area (Å²) in [5, 5.41) is 3.05. The molecule has 0 unspecified atom stereocenters. The number of carbonyl (C=O) groups excluding carboxylic acids is 2. The molecule has 1 amide bonds. The van der Waals surface area contributed by atoms with Crippen molar-refractivity contribution < 1.29 is 23.5 Å². The number of nitrogens with one attached hydrogen (secondary N) is 1. The van der Waals surface area contributed by atoms with Crippen molar-refractivity contribution in [2.24, 2.45) is 0 Å². The summed E-state index contributed by atoms with van der Waals surface area (Å²) in [5.74, 6) is -0.680. The summed E-state index contributed by atoms with van der Waals surface area (Å²) >= 11 is 3.14. The van der Waals surface area contributed by atoms with E-state index in [-0.39, 0.29) is 19.2 Å². The lowest BCUT2D eigenvalue weighted by atomic mass is 10.1. The molecule has 1 aliphatic rings. The van der Waals surface area contributed by atoms with Gasteiger partial charge in [0, 0.05) is 31.1 Å². The largest absolute Gasteiger partial charge is 0.467 e. The SMILES string of the molecule is COC(=O)[C@@H]1C[C@H](Nc2cc(F)cc(Br)n2)CN1C(=O)OCc1ccccc1. The third-order valence-electron chi connectivity index (χ3n) is 4.32. The third kappa shape index (κ3) is 4.98. The summed E-state index contributed by atoms with van der Waals surface area (Å²) in [6.07, 6.45) is -0.319. The molecule has 1 aromatic carbocycles. The van der Waals surface area contributed by atoms with E-state index < -0.39 is 23.9 Å². The number of carbonyl (C=O) groups is 2. The summed E-state index contributed by atoms with van der Waals surface area (Å²) in [5.41, 5.74) is 0.841. The normalized spacial score (nSPS) is 18.6. The molecule has 1 aromatic heterocycles. The fourth-order valence-electron chi connectivity index (χ4n) is 3.05. The molecule has 1 aliphatic heterocycles. The average molecular weight is 452 g/mol. The van der Waals surface area contributed by atoms with Crippen molar-refractivity contribution in [1.29, 1.82) is 0 Å². The fourth-order valence-corrected chi connectivity index (χ4v) is 3.46. The Hall–Kier alpha value is -2.68. The number of hydrogen-bond acceptors (Lipinski definition) is 6. The quantitative estimate of drug-likeness (QED) is 0.554. The Kier molecular flexibility index (Phi) is 6.45. The maximum atomic E-state index is 13.6. The van der Waals surface area contributed by atoms with Gasteiger partial charge in [-0.15, -0.1) is 0 Å². The summed E-state index contributed by atoms with van der Waals surface area (Å²) in [6, 6.07) is 10.6. The van der Waals surface area contributed by atoms with E-state index in [2.05, 4.69) is 26.2 Å². The first-order valence-electron chi connectivity index (χ1n) is 8.61. The Morgan fingerprint density at radius 1 is 1.32 bits per heavy atom. The first-order chi connectivity index (χ1) is 13.5. The Morgan fingerprint density at radius 2 is 2.07 bits per heavy atom. The lowest BCUT2D eigenvalue weighted by molar-refractivity contribution is -0.145. The molecule has 148 valence electrons. The van der Waals surface area contributed by atoms with E-state index in [4.69, 9.17) is 9.47 Å². The highest BCUT2D eigenvalue weighted by atomic mass is 79.9. The molecule has 2 heterocycles. The van der Waals surface area contributed by atoms with Crippen LogP contribution in [0.15, 0.2) is 47.1 Å². The Balaban J connectivity index is 1.67. The maximum absolute atomic E-state index is 13.6.